The molecule has 3 rings (SSSR count). The third-order valence-electron chi connectivity index (χ3n) is 4.56. The first-order valence-electron chi connectivity index (χ1n) is 9.70. The lowest BCUT2D eigenvalue weighted by molar-refractivity contribution is -0.384. The molecule has 0 aliphatic heterocycles. The predicted molar refractivity (Wildman–Crippen MR) is 122 cm³/mol. The van der Waals surface area contributed by atoms with Crippen molar-refractivity contribution in [2.24, 2.45) is 0 Å². The van der Waals surface area contributed by atoms with Gasteiger partial charge in [-0.2, -0.15) is 0 Å². The molecule has 3 aromatic rings. The van der Waals surface area contributed by atoms with Gasteiger partial charge in [-0.05, 0) is 23.6 Å². The van der Waals surface area contributed by atoms with Crippen LogP contribution in [0, 0.1) is 10.1 Å². The zero-order valence-corrected chi connectivity index (χ0v) is 18.1. The zero-order valence-electron chi connectivity index (χ0n) is 17.3. The third-order valence-corrected chi connectivity index (χ3v) is 5.53. The van der Waals surface area contributed by atoms with Gasteiger partial charge in [-0.3, -0.25) is 19.5 Å². The molecule has 8 nitrogen and oxygen atoms in total. The number of amides is 1. The highest BCUT2D eigenvalue weighted by Gasteiger charge is 2.15. The summed E-state index contributed by atoms with van der Waals surface area (Å²) in [6.45, 7) is 8.61. The first-order chi connectivity index (χ1) is 14.9. The summed E-state index contributed by atoms with van der Waals surface area (Å²) in [6.07, 6.45) is 1.76. The Labute approximate surface area is 184 Å². The van der Waals surface area contributed by atoms with E-state index < -0.39 is 4.92 Å². The number of allylic oxidation sites excluding steroid dienone is 1. The van der Waals surface area contributed by atoms with Crippen molar-refractivity contribution in [1.29, 1.82) is 0 Å². The number of hydrogen-bond acceptors (Lipinski definition) is 6. The smallest absolute Gasteiger partial charge is 0.269 e. The maximum Gasteiger partial charge on any atom is 0.269 e. The fraction of sp³-hybridized carbons (Fsp3) is 0.227. The van der Waals surface area contributed by atoms with Gasteiger partial charge in [0.2, 0.25) is 5.91 Å². The molecule has 0 unspecified atom stereocenters. The van der Waals surface area contributed by atoms with Crippen LogP contribution in [0.4, 0.5) is 11.4 Å². The molecule has 0 aliphatic carbocycles. The second kappa shape index (κ2) is 10.0. The number of non-ortho nitro benzene ring substituents is 1. The fourth-order valence-electron chi connectivity index (χ4n) is 2.91. The molecule has 0 saturated carbocycles. The third kappa shape index (κ3) is 5.58. The van der Waals surface area contributed by atoms with E-state index in [-0.39, 0.29) is 17.3 Å². The molecule has 0 bridgehead atoms. The molecule has 1 amide bonds. The lowest BCUT2D eigenvalue weighted by Crippen LogP contribution is -2.14. The Hall–Kier alpha value is -3.46. The van der Waals surface area contributed by atoms with Crippen LogP contribution in [0.2, 0.25) is 0 Å². The Bertz CT molecular complexity index is 1080. The Balaban J connectivity index is 1.69. The van der Waals surface area contributed by atoms with Gasteiger partial charge in [-0.15, -0.1) is 16.8 Å². The van der Waals surface area contributed by atoms with Crippen molar-refractivity contribution in [2.75, 3.05) is 11.1 Å². The van der Waals surface area contributed by atoms with Gasteiger partial charge in [-0.1, -0.05) is 56.0 Å². The van der Waals surface area contributed by atoms with Crippen LogP contribution in [0.25, 0.3) is 11.4 Å². The highest BCUT2D eigenvalue weighted by molar-refractivity contribution is 7.99. The number of nitrogens with one attached hydrogen (secondary N) is 1. The summed E-state index contributed by atoms with van der Waals surface area (Å²) in [5, 5.41) is 22.6. The van der Waals surface area contributed by atoms with Crippen molar-refractivity contribution >= 4 is 29.0 Å². The van der Waals surface area contributed by atoms with Gasteiger partial charge in [0.25, 0.3) is 5.69 Å². The SMILES string of the molecule is C=CCn1c(SCC(=O)Nc2ccc([N+](=O)[O-])cc2)nnc1-c1ccc(C(C)C)cc1. The number of carbonyl (C=O) groups is 1. The normalized spacial score (nSPS) is 10.8. The van der Waals surface area contributed by atoms with E-state index in [4.69, 9.17) is 0 Å². The van der Waals surface area contributed by atoms with Gasteiger partial charge in [0.1, 0.15) is 0 Å². The van der Waals surface area contributed by atoms with E-state index in [0.29, 0.717) is 29.1 Å². The number of anilines is 1. The summed E-state index contributed by atoms with van der Waals surface area (Å²) >= 11 is 1.27. The second-order valence-electron chi connectivity index (χ2n) is 7.12. The van der Waals surface area contributed by atoms with Crippen molar-refractivity contribution in [2.45, 2.75) is 31.5 Å². The van der Waals surface area contributed by atoms with Crippen LogP contribution in [0.1, 0.15) is 25.3 Å². The molecule has 0 fully saturated rings. The van der Waals surface area contributed by atoms with Gasteiger partial charge in [0.05, 0.1) is 10.7 Å². The fourth-order valence-corrected chi connectivity index (χ4v) is 3.66. The van der Waals surface area contributed by atoms with Gasteiger partial charge >= 0.3 is 0 Å². The van der Waals surface area contributed by atoms with Crippen molar-refractivity contribution in [1.82, 2.24) is 14.8 Å². The number of hydrogen-bond donors (Lipinski definition) is 1. The van der Waals surface area contributed by atoms with E-state index in [1.165, 1.54) is 41.6 Å². The molecule has 9 heteroatoms. The molecule has 1 aromatic heterocycles. The molecule has 0 aliphatic rings. The molecule has 0 spiro atoms. The van der Waals surface area contributed by atoms with Crippen LogP contribution in [-0.2, 0) is 11.3 Å². The van der Waals surface area contributed by atoms with Crippen LogP contribution in [0.3, 0.4) is 0 Å². The van der Waals surface area contributed by atoms with Gasteiger partial charge < -0.3 is 5.32 Å². The van der Waals surface area contributed by atoms with Crippen molar-refractivity contribution < 1.29 is 9.72 Å². The minimum atomic E-state index is -0.484. The first-order valence-corrected chi connectivity index (χ1v) is 10.7. The first kappa shape index (κ1) is 22.2. The molecular formula is C22H23N5O3S. The van der Waals surface area contributed by atoms with Crippen LogP contribution in [-0.4, -0.2) is 31.3 Å². The maximum atomic E-state index is 12.3. The molecule has 2 aromatic carbocycles. The van der Waals surface area contributed by atoms with Crippen LogP contribution >= 0.6 is 11.8 Å². The maximum absolute atomic E-state index is 12.3. The summed E-state index contributed by atoms with van der Waals surface area (Å²) in [6, 6.07) is 13.9. The van der Waals surface area contributed by atoms with Crippen LogP contribution in [0.5, 0.6) is 0 Å². The van der Waals surface area contributed by atoms with E-state index in [0.717, 1.165) is 5.56 Å². The van der Waals surface area contributed by atoms with E-state index in [2.05, 4.69) is 48.1 Å². The van der Waals surface area contributed by atoms with E-state index in [9.17, 15) is 14.9 Å². The van der Waals surface area contributed by atoms with Gasteiger partial charge in [0.15, 0.2) is 11.0 Å². The number of rotatable bonds is 9. The molecule has 1 N–H and O–H groups in total. The topological polar surface area (TPSA) is 103 Å². The average molecular weight is 438 g/mol. The average Bonchev–Trinajstić information content (AvgIpc) is 3.15. The Morgan fingerprint density at radius 3 is 2.45 bits per heavy atom. The Morgan fingerprint density at radius 1 is 1.19 bits per heavy atom. The largest absolute Gasteiger partial charge is 0.325 e. The molecule has 0 saturated heterocycles. The number of carbonyl (C=O) groups excluding carboxylic acids is 1. The molecule has 31 heavy (non-hydrogen) atoms. The standard InChI is InChI=1S/C22H23N5O3S/c1-4-13-26-21(17-7-5-16(6-8-17)15(2)3)24-25-22(26)31-14-20(28)23-18-9-11-19(12-10-18)27(29)30/h4-12,15H,1,13-14H2,2-3H3,(H,23,28). The zero-order chi connectivity index (χ0) is 22.4. The highest BCUT2D eigenvalue weighted by atomic mass is 32.2. The minimum absolute atomic E-state index is 0.0288. The molecule has 0 atom stereocenters. The highest BCUT2D eigenvalue weighted by Crippen LogP contribution is 2.26. The summed E-state index contributed by atoms with van der Waals surface area (Å²) in [5.74, 6) is 1.04. The van der Waals surface area contributed by atoms with E-state index in [1.54, 1.807) is 6.08 Å². The Morgan fingerprint density at radius 2 is 1.87 bits per heavy atom. The Kier molecular flexibility index (Phi) is 7.19. The van der Waals surface area contributed by atoms with Crippen molar-refractivity contribution in [3.63, 3.8) is 0 Å². The monoisotopic (exact) mass is 437 g/mol. The summed E-state index contributed by atoms with van der Waals surface area (Å²) < 4.78 is 1.92. The molecule has 1 heterocycles. The molecule has 160 valence electrons. The summed E-state index contributed by atoms with van der Waals surface area (Å²) in [7, 11) is 0. The van der Waals surface area contributed by atoms with Crippen molar-refractivity contribution in [3.05, 3.63) is 76.9 Å². The number of nitro benzene ring substituents is 1. The second-order valence-corrected chi connectivity index (χ2v) is 8.07. The van der Waals surface area contributed by atoms with Crippen molar-refractivity contribution in [3.8, 4) is 11.4 Å². The van der Waals surface area contributed by atoms with E-state index in [1.807, 2.05) is 16.7 Å². The number of thioether (sulfide) groups is 1. The molecule has 0 radical (unpaired) electrons. The lowest BCUT2D eigenvalue weighted by Gasteiger charge is -2.09. The number of nitro groups is 1. The van der Waals surface area contributed by atoms with Gasteiger partial charge in [-0.25, -0.2) is 0 Å². The summed E-state index contributed by atoms with van der Waals surface area (Å²) in [5.41, 5.74) is 2.66. The van der Waals surface area contributed by atoms with Crippen LogP contribution < -0.4 is 5.32 Å². The van der Waals surface area contributed by atoms with Gasteiger partial charge in [0, 0.05) is 29.9 Å². The minimum Gasteiger partial charge on any atom is -0.325 e. The predicted octanol–water partition coefficient (Wildman–Crippen LogP) is 4.89. The molecular weight excluding hydrogens is 414 g/mol. The summed E-state index contributed by atoms with van der Waals surface area (Å²) in [4.78, 5) is 22.5. The quantitative estimate of drug-likeness (QED) is 0.221. The lowest BCUT2D eigenvalue weighted by atomic mass is 10.0. The number of nitrogens with zero attached hydrogens (tertiary/aromatic N) is 4. The van der Waals surface area contributed by atoms with Crippen LogP contribution in [0.15, 0.2) is 66.3 Å². The number of benzene rings is 2. The number of aromatic nitrogens is 3. The van der Waals surface area contributed by atoms with E-state index >= 15 is 0 Å².